The Morgan fingerprint density at radius 1 is 1.39 bits per heavy atom. The Balaban J connectivity index is 1.98. The summed E-state index contributed by atoms with van der Waals surface area (Å²) in [5.74, 6) is 0.338. The fourth-order valence-electron chi connectivity index (χ4n) is 2.52. The average Bonchev–Trinajstić information content (AvgIpc) is 2.34. The maximum Gasteiger partial charge on any atom is 0.115 e. The number of hydrogen-bond donors (Lipinski definition) is 1. The largest absolute Gasteiger partial charge is 0.508 e. The van der Waals surface area contributed by atoms with Crippen molar-refractivity contribution < 1.29 is 5.11 Å². The molecule has 1 aromatic carbocycles. The van der Waals surface area contributed by atoms with E-state index in [9.17, 15) is 5.11 Å². The fraction of sp³-hybridized carbons (Fsp3) is 0.571. The molecular formula is C14H21BrN2O. The number of aromatic hydroxyl groups is 1. The molecule has 1 aliphatic rings. The molecule has 100 valence electrons. The van der Waals surface area contributed by atoms with E-state index in [0.29, 0.717) is 11.8 Å². The predicted octanol–water partition coefficient (Wildman–Crippen LogP) is 2.68. The van der Waals surface area contributed by atoms with E-state index in [-0.39, 0.29) is 0 Å². The van der Waals surface area contributed by atoms with E-state index in [1.165, 1.54) is 25.9 Å². The highest BCUT2D eigenvalue weighted by atomic mass is 79.9. The number of phenols is 1. The number of hydrogen-bond acceptors (Lipinski definition) is 3. The second kappa shape index (κ2) is 6.04. The second-order valence-electron chi connectivity index (χ2n) is 5.23. The third-order valence-electron chi connectivity index (χ3n) is 3.76. The van der Waals surface area contributed by atoms with Gasteiger partial charge in [-0.25, -0.2) is 0 Å². The molecule has 0 saturated carbocycles. The van der Waals surface area contributed by atoms with Crippen molar-refractivity contribution in [3.05, 3.63) is 28.2 Å². The highest BCUT2D eigenvalue weighted by molar-refractivity contribution is 9.10. The summed E-state index contributed by atoms with van der Waals surface area (Å²) in [4.78, 5) is 4.78. The summed E-state index contributed by atoms with van der Waals surface area (Å²) in [5.41, 5.74) is 1.15. The summed E-state index contributed by atoms with van der Waals surface area (Å²) >= 11 is 3.55. The van der Waals surface area contributed by atoms with Gasteiger partial charge in [0.1, 0.15) is 5.75 Å². The van der Waals surface area contributed by atoms with Crippen molar-refractivity contribution in [3.63, 3.8) is 0 Å². The molecular weight excluding hydrogens is 292 g/mol. The molecule has 0 spiro atoms. The van der Waals surface area contributed by atoms with E-state index in [1.54, 1.807) is 6.07 Å². The third kappa shape index (κ3) is 3.46. The first kappa shape index (κ1) is 13.8. The molecule has 0 aromatic heterocycles. The molecule has 3 nitrogen and oxygen atoms in total. The highest BCUT2D eigenvalue weighted by Crippen LogP contribution is 2.24. The molecule has 0 atom stereocenters. The molecule has 0 bridgehead atoms. The minimum atomic E-state index is 0.338. The van der Waals surface area contributed by atoms with E-state index in [0.717, 1.165) is 16.6 Å². The summed E-state index contributed by atoms with van der Waals surface area (Å²) in [7, 11) is 4.36. The fourth-order valence-corrected chi connectivity index (χ4v) is 2.89. The number of halogens is 1. The van der Waals surface area contributed by atoms with Crippen molar-refractivity contribution in [1.29, 1.82) is 0 Å². The Morgan fingerprint density at radius 2 is 2.06 bits per heavy atom. The molecule has 0 amide bonds. The highest BCUT2D eigenvalue weighted by Gasteiger charge is 2.20. The van der Waals surface area contributed by atoms with Crippen LogP contribution in [0.4, 0.5) is 0 Å². The Labute approximate surface area is 118 Å². The first-order valence-corrected chi connectivity index (χ1v) is 7.21. The van der Waals surface area contributed by atoms with Crippen molar-refractivity contribution >= 4 is 15.9 Å². The lowest BCUT2D eigenvalue weighted by Crippen LogP contribution is -2.41. The quantitative estimate of drug-likeness (QED) is 0.929. The molecule has 0 radical (unpaired) electrons. The lowest BCUT2D eigenvalue weighted by Gasteiger charge is -2.35. The Hall–Kier alpha value is -0.580. The normalized spacial score (nSPS) is 18.4. The van der Waals surface area contributed by atoms with Gasteiger partial charge in [-0.2, -0.15) is 0 Å². The van der Waals surface area contributed by atoms with Crippen molar-refractivity contribution in [3.8, 4) is 5.75 Å². The van der Waals surface area contributed by atoms with Gasteiger partial charge in [0.25, 0.3) is 0 Å². The van der Waals surface area contributed by atoms with Crippen molar-refractivity contribution in [2.45, 2.75) is 25.4 Å². The van der Waals surface area contributed by atoms with Crippen molar-refractivity contribution in [2.24, 2.45) is 0 Å². The van der Waals surface area contributed by atoms with E-state index in [4.69, 9.17) is 0 Å². The van der Waals surface area contributed by atoms with Gasteiger partial charge in [0.05, 0.1) is 0 Å². The van der Waals surface area contributed by atoms with Gasteiger partial charge in [-0.1, -0.05) is 15.9 Å². The maximum atomic E-state index is 9.55. The first-order chi connectivity index (χ1) is 8.56. The summed E-state index contributed by atoms with van der Waals surface area (Å²) in [5, 5.41) is 9.55. The van der Waals surface area contributed by atoms with Crippen molar-refractivity contribution in [1.82, 2.24) is 9.80 Å². The van der Waals surface area contributed by atoms with Crippen molar-refractivity contribution in [2.75, 3.05) is 27.2 Å². The zero-order chi connectivity index (χ0) is 13.1. The molecule has 0 unspecified atom stereocenters. The van der Waals surface area contributed by atoms with E-state index < -0.39 is 0 Å². The molecule has 2 rings (SSSR count). The number of benzene rings is 1. The Bertz CT molecular complexity index is 403. The van der Waals surface area contributed by atoms with Crippen LogP contribution in [0.1, 0.15) is 18.4 Å². The smallest absolute Gasteiger partial charge is 0.115 e. The van der Waals surface area contributed by atoms with Gasteiger partial charge in [-0.05, 0) is 63.8 Å². The lowest BCUT2D eigenvalue weighted by molar-refractivity contribution is 0.139. The predicted molar refractivity (Wildman–Crippen MR) is 77.8 cm³/mol. The minimum absolute atomic E-state index is 0.338. The van der Waals surface area contributed by atoms with Gasteiger partial charge in [0.15, 0.2) is 0 Å². The number of piperidine rings is 1. The van der Waals surface area contributed by atoms with Crippen LogP contribution in [0.5, 0.6) is 5.75 Å². The summed E-state index contributed by atoms with van der Waals surface area (Å²) in [6, 6.07) is 6.11. The number of likely N-dealkylation sites (tertiary alicyclic amines) is 1. The minimum Gasteiger partial charge on any atom is -0.508 e. The summed E-state index contributed by atoms with van der Waals surface area (Å²) in [6.07, 6.45) is 2.45. The number of phenolic OH excluding ortho intramolecular Hbond substituents is 1. The van der Waals surface area contributed by atoms with Crippen LogP contribution in [0.2, 0.25) is 0 Å². The van der Waals surface area contributed by atoms with Crippen LogP contribution < -0.4 is 0 Å². The third-order valence-corrected chi connectivity index (χ3v) is 4.53. The molecule has 1 heterocycles. The summed E-state index contributed by atoms with van der Waals surface area (Å²) in [6.45, 7) is 3.23. The van der Waals surface area contributed by atoms with Crippen LogP contribution in [0.3, 0.4) is 0 Å². The standard InChI is InChI=1S/C14H21BrN2O/c1-16-7-5-12(6-8-16)17(2)10-11-9-13(18)3-4-14(11)15/h3-4,9,12,18H,5-8,10H2,1-2H3. The maximum absolute atomic E-state index is 9.55. The Morgan fingerprint density at radius 3 is 2.72 bits per heavy atom. The molecule has 18 heavy (non-hydrogen) atoms. The summed E-state index contributed by atoms with van der Waals surface area (Å²) < 4.78 is 1.07. The van der Waals surface area contributed by atoms with Gasteiger partial charge >= 0.3 is 0 Å². The molecule has 1 aromatic rings. The average molecular weight is 313 g/mol. The van der Waals surface area contributed by atoms with Crippen LogP contribution in [-0.2, 0) is 6.54 Å². The second-order valence-corrected chi connectivity index (χ2v) is 6.08. The Kier molecular flexibility index (Phi) is 4.65. The zero-order valence-electron chi connectivity index (χ0n) is 11.1. The van der Waals surface area contributed by atoms with Crippen LogP contribution in [0, 0.1) is 0 Å². The van der Waals surface area contributed by atoms with Crippen LogP contribution >= 0.6 is 15.9 Å². The van der Waals surface area contributed by atoms with Crippen LogP contribution in [0.15, 0.2) is 22.7 Å². The lowest BCUT2D eigenvalue weighted by atomic mass is 10.0. The topological polar surface area (TPSA) is 26.7 Å². The van der Waals surface area contributed by atoms with Gasteiger partial charge in [-0.15, -0.1) is 0 Å². The van der Waals surface area contributed by atoms with E-state index in [2.05, 4.69) is 39.8 Å². The monoisotopic (exact) mass is 312 g/mol. The molecule has 0 aliphatic carbocycles. The van der Waals surface area contributed by atoms with Gasteiger partial charge in [0.2, 0.25) is 0 Å². The molecule has 1 fully saturated rings. The number of nitrogens with zero attached hydrogens (tertiary/aromatic N) is 2. The van der Waals surface area contributed by atoms with Gasteiger partial charge in [-0.3, -0.25) is 4.90 Å². The molecule has 1 aliphatic heterocycles. The van der Waals surface area contributed by atoms with E-state index in [1.807, 2.05) is 12.1 Å². The molecule has 1 saturated heterocycles. The first-order valence-electron chi connectivity index (χ1n) is 6.42. The number of rotatable bonds is 3. The zero-order valence-corrected chi connectivity index (χ0v) is 12.7. The van der Waals surface area contributed by atoms with Gasteiger partial charge < -0.3 is 10.0 Å². The van der Waals surface area contributed by atoms with E-state index >= 15 is 0 Å². The molecule has 1 N–H and O–H groups in total. The van der Waals surface area contributed by atoms with Gasteiger partial charge in [0, 0.05) is 17.1 Å². The van der Waals surface area contributed by atoms with Crippen LogP contribution in [0.25, 0.3) is 0 Å². The SMILES string of the molecule is CN1CCC(N(C)Cc2cc(O)ccc2Br)CC1. The van der Waals surface area contributed by atoms with Crippen LogP contribution in [-0.4, -0.2) is 48.1 Å². The molecule has 4 heteroatoms.